The zero-order chi connectivity index (χ0) is 18.4. The third-order valence-electron chi connectivity index (χ3n) is 4.99. The molecular formula is C19H25N3O4. The van der Waals surface area contributed by atoms with Crippen LogP contribution >= 0.6 is 0 Å². The SMILES string of the molecule is COCCOC(=O)N1CC2CN(CCOc3ccc(C#N)cc3)CC2C1. The van der Waals surface area contributed by atoms with E-state index in [-0.39, 0.29) is 6.09 Å². The third kappa shape index (κ3) is 4.65. The molecule has 2 aliphatic heterocycles. The number of benzene rings is 1. The van der Waals surface area contributed by atoms with Crippen LogP contribution in [-0.2, 0) is 9.47 Å². The van der Waals surface area contributed by atoms with Gasteiger partial charge in [0.25, 0.3) is 0 Å². The van der Waals surface area contributed by atoms with E-state index in [1.165, 1.54) is 0 Å². The molecule has 7 heteroatoms. The summed E-state index contributed by atoms with van der Waals surface area (Å²) in [5, 5.41) is 8.80. The summed E-state index contributed by atoms with van der Waals surface area (Å²) < 4.78 is 15.8. The normalized spacial score (nSPS) is 22.1. The lowest BCUT2D eigenvalue weighted by Gasteiger charge is -2.21. The van der Waals surface area contributed by atoms with Crippen molar-refractivity contribution in [2.24, 2.45) is 11.8 Å². The number of nitriles is 1. The van der Waals surface area contributed by atoms with Gasteiger partial charge in [-0.1, -0.05) is 0 Å². The molecule has 2 atom stereocenters. The van der Waals surface area contributed by atoms with E-state index in [1.54, 1.807) is 19.2 Å². The standard InChI is InChI=1S/C19H25N3O4/c1-24-8-9-26-19(23)22-13-16-11-21(12-17(16)14-22)6-7-25-18-4-2-15(10-20)3-5-18/h2-5,16-17H,6-9,11-14H2,1H3. The summed E-state index contributed by atoms with van der Waals surface area (Å²) in [4.78, 5) is 16.2. The molecule has 1 amide bonds. The number of hydrogen-bond acceptors (Lipinski definition) is 6. The Morgan fingerprint density at radius 2 is 1.81 bits per heavy atom. The predicted octanol–water partition coefficient (Wildman–Crippen LogP) is 1.58. The minimum atomic E-state index is -0.229. The Kier molecular flexibility index (Phi) is 6.31. The summed E-state index contributed by atoms with van der Waals surface area (Å²) >= 11 is 0. The summed E-state index contributed by atoms with van der Waals surface area (Å²) in [6.45, 7) is 5.73. The molecule has 0 saturated carbocycles. The Balaban J connectivity index is 1.35. The molecule has 1 aromatic carbocycles. The van der Waals surface area contributed by atoms with Gasteiger partial charge >= 0.3 is 6.09 Å². The van der Waals surface area contributed by atoms with Crippen LogP contribution in [-0.4, -0.2) is 75.5 Å². The minimum absolute atomic E-state index is 0.229. The van der Waals surface area contributed by atoms with Gasteiger partial charge < -0.3 is 19.1 Å². The van der Waals surface area contributed by atoms with E-state index >= 15 is 0 Å². The fourth-order valence-electron chi connectivity index (χ4n) is 3.64. The van der Waals surface area contributed by atoms with Crippen molar-refractivity contribution in [1.82, 2.24) is 9.80 Å². The van der Waals surface area contributed by atoms with Gasteiger partial charge in [-0.25, -0.2) is 4.79 Å². The first-order valence-electron chi connectivity index (χ1n) is 8.95. The van der Waals surface area contributed by atoms with Crippen LogP contribution in [0.2, 0.25) is 0 Å². The second-order valence-electron chi connectivity index (χ2n) is 6.78. The van der Waals surface area contributed by atoms with Crippen LogP contribution < -0.4 is 4.74 Å². The largest absolute Gasteiger partial charge is 0.492 e. The highest BCUT2D eigenvalue weighted by Crippen LogP contribution is 2.31. The van der Waals surface area contributed by atoms with Crippen molar-refractivity contribution in [2.45, 2.75) is 0 Å². The summed E-state index contributed by atoms with van der Waals surface area (Å²) in [5.41, 5.74) is 0.634. The molecule has 26 heavy (non-hydrogen) atoms. The molecule has 0 N–H and O–H groups in total. The molecule has 140 valence electrons. The lowest BCUT2D eigenvalue weighted by atomic mass is 10.0. The van der Waals surface area contributed by atoms with Crippen LogP contribution in [0.25, 0.3) is 0 Å². The molecule has 7 nitrogen and oxygen atoms in total. The summed E-state index contributed by atoms with van der Waals surface area (Å²) in [7, 11) is 1.59. The molecule has 0 aliphatic carbocycles. The number of nitrogens with zero attached hydrogens (tertiary/aromatic N) is 3. The molecule has 2 saturated heterocycles. The maximum Gasteiger partial charge on any atom is 0.409 e. The number of likely N-dealkylation sites (tertiary alicyclic amines) is 2. The van der Waals surface area contributed by atoms with Gasteiger partial charge in [0.05, 0.1) is 18.2 Å². The van der Waals surface area contributed by atoms with Crippen LogP contribution in [0, 0.1) is 23.2 Å². The van der Waals surface area contributed by atoms with Gasteiger partial charge in [-0.2, -0.15) is 5.26 Å². The van der Waals surface area contributed by atoms with Crippen LogP contribution in [0.15, 0.2) is 24.3 Å². The van der Waals surface area contributed by atoms with Gasteiger partial charge in [-0.15, -0.1) is 0 Å². The Labute approximate surface area is 154 Å². The molecule has 3 rings (SSSR count). The van der Waals surface area contributed by atoms with E-state index in [1.807, 2.05) is 17.0 Å². The van der Waals surface area contributed by atoms with Crippen LogP contribution in [0.3, 0.4) is 0 Å². The van der Waals surface area contributed by atoms with Gasteiger partial charge in [0.1, 0.15) is 19.0 Å². The number of methoxy groups -OCH3 is 1. The van der Waals surface area contributed by atoms with Crippen molar-refractivity contribution in [3.63, 3.8) is 0 Å². The summed E-state index contributed by atoms with van der Waals surface area (Å²) in [6.07, 6.45) is -0.229. The van der Waals surface area contributed by atoms with Crippen molar-refractivity contribution >= 4 is 6.09 Å². The van der Waals surface area contributed by atoms with Gasteiger partial charge in [-0.05, 0) is 36.1 Å². The zero-order valence-electron chi connectivity index (χ0n) is 15.1. The number of rotatable bonds is 7. The molecule has 2 unspecified atom stereocenters. The van der Waals surface area contributed by atoms with Crippen LogP contribution in [0.1, 0.15) is 5.56 Å². The Morgan fingerprint density at radius 1 is 1.12 bits per heavy atom. The van der Waals surface area contributed by atoms with E-state index in [0.717, 1.165) is 38.5 Å². The third-order valence-corrected chi connectivity index (χ3v) is 4.99. The van der Waals surface area contributed by atoms with Crippen molar-refractivity contribution in [3.05, 3.63) is 29.8 Å². The molecule has 2 fully saturated rings. The maximum atomic E-state index is 12.0. The molecule has 2 heterocycles. The number of carbonyl (C=O) groups excluding carboxylic acids is 1. The Morgan fingerprint density at radius 3 is 2.42 bits per heavy atom. The molecule has 0 spiro atoms. The number of ether oxygens (including phenoxy) is 3. The van der Waals surface area contributed by atoms with Crippen molar-refractivity contribution < 1.29 is 19.0 Å². The van der Waals surface area contributed by atoms with E-state index in [9.17, 15) is 4.79 Å². The second-order valence-corrected chi connectivity index (χ2v) is 6.78. The smallest absolute Gasteiger partial charge is 0.409 e. The highest BCUT2D eigenvalue weighted by Gasteiger charge is 2.41. The van der Waals surface area contributed by atoms with Gasteiger partial charge in [0, 0.05) is 39.8 Å². The lowest BCUT2D eigenvalue weighted by molar-refractivity contribution is 0.0741. The van der Waals surface area contributed by atoms with Gasteiger partial charge in [-0.3, -0.25) is 4.90 Å². The first-order valence-corrected chi connectivity index (χ1v) is 8.95. The number of carbonyl (C=O) groups is 1. The van der Waals surface area contributed by atoms with Crippen LogP contribution in [0.5, 0.6) is 5.75 Å². The molecule has 2 aliphatic rings. The fourth-order valence-corrected chi connectivity index (χ4v) is 3.64. The Hall–Kier alpha value is -2.30. The highest BCUT2D eigenvalue weighted by molar-refractivity contribution is 5.68. The quantitative estimate of drug-likeness (QED) is 0.688. The van der Waals surface area contributed by atoms with E-state index < -0.39 is 0 Å². The van der Waals surface area contributed by atoms with E-state index in [0.29, 0.717) is 37.2 Å². The van der Waals surface area contributed by atoms with Gasteiger partial charge in [0.15, 0.2) is 0 Å². The lowest BCUT2D eigenvalue weighted by Crippen LogP contribution is -2.35. The second kappa shape index (κ2) is 8.88. The van der Waals surface area contributed by atoms with Gasteiger partial charge in [0.2, 0.25) is 0 Å². The fraction of sp³-hybridized carbons (Fsp3) is 0.579. The van der Waals surface area contributed by atoms with Crippen molar-refractivity contribution in [2.75, 3.05) is 59.7 Å². The zero-order valence-corrected chi connectivity index (χ0v) is 15.1. The highest BCUT2D eigenvalue weighted by atomic mass is 16.6. The van der Waals surface area contributed by atoms with E-state index in [2.05, 4.69) is 11.0 Å². The molecule has 1 aromatic rings. The van der Waals surface area contributed by atoms with Crippen molar-refractivity contribution in [1.29, 1.82) is 5.26 Å². The van der Waals surface area contributed by atoms with E-state index in [4.69, 9.17) is 19.5 Å². The minimum Gasteiger partial charge on any atom is -0.492 e. The molecule has 0 bridgehead atoms. The maximum absolute atomic E-state index is 12.0. The number of fused-ring (bicyclic) bond motifs is 1. The van der Waals surface area contributed by atoms with Crippen LogP contribution in [0.4, 0.5) is 4.79 Å². The van der Waals surface area contributed by atoms with Crippen molar-refractivity contribution in [3.8, 4) is 11.8 Å². The summed E-state index contributed by atoms with van der Waals surface area (Å²) in [6, 6.07) is 9.26. The molecule has 0 radical (unpaired) electrons. The average molecular weight is 359 g/mol. The topological polar surface area (TPSA) is 75.0 Å². The monoisotopic (exact) mass is 359 g/mol. The first-order chi connectivity index (χ1) is 12.7. The molecular weight excluding hydrogens is 334 g/mol. The predicted molar refractivity (Wildman–Crippen MR) is 94.9 cm³/mol. The Bertz CT molecular complexity index is 629. The molecule has 0 aromatic heterocycles. The number of amides is 1. The first kappa shape index (κ1) is 18.5. The summed E-state index contributed by atoms with van der Waals surface area (Å²) in [5.74, 6) is 1.81. The number of hydrogen-bond donors (Lipinski definition) is 0. The average Bonchev–Trinajstić information content (AvgIpc) is 3.21.